The molecule has 1 atom stereocenters. The lowest BCUT2D eigenvalue weighted by molar-refractivity contribution is -0.385. The number of carbonyl (C=O) groups excluding carboxylic acids is 3. The summed E-state index contributed by atoms with van der Waals surface area (Å²) in [5.74, 6) is -1.65. The number of fused-ring (bicyclic) bond motifs is 1. The average Bonchev–Trinajstić information content (AvgIpc) is 2.64. The van der Waals surface area contributed by atoms with Crippen molar-refractivity contribution < 1.29 is 19.3 Å². The van der Waals surface area contributed by atoms with E-state index in [1.54, 1.807) is 0 Å². The molecule has 0 bridgehead atoms. The molecule has 7 nitrogen and oxygen atoms in total. The molecule has 118 valence electrons. The van der Waals surface area contributed by atoms with Gasteiger partial charge in [0, 0.05) is 12.5 Å². The van der Waals surface area contributed by atoms with E-state index in [1.165, 1.54) is 18.2 Å². The first-order valence-electron chi connectivity index (χ1n) is 7.26. The summed E-state index contributed by atoms with van der Waals surface area (Å²) in [6.45, 7) is 3.80. The Balaban J connectivity index is 2.03. The normalized spacial score (nSPS) is 21.4. The smallest absolute Gasteiger partial charge is 0.282 e. The van der Waals surface area contributed by atoms with Crippen LogP contribution in [0.5, 0.6) is 0 Å². The quantitative estimate of drug-likeness (QED) is 0.274. The van der Waals surface area contributed by atoms with Crippen LogP contribution in [0.15, 0.2) is 30.4 Å². The topological polar surface area (TPSA) is 97.6 Å². The molecule has 1 saturated carbocycles. The summed E-state index contributed by atoms with van der Waals surface area (Å²) in [7, 11) is 0. The highest BCUT2D eigenvalue weighted by Crippen LogP contribution is 2.34. The third-order valence-corrected chi connectivity index (χ3v) is 4.24. The van der Waals surface area contributed by atoms with E-state index in [0.29, 0.717) is 19.3 Å². The molecule has 0 saturated heterocycles. The summed E-state index contributed by atoms with van der Waals surface area (Å²) in [4.78, 5) is 48.8. The van der Waals surface area contributed by atoms with Crippen molar-refractivity contribution in [1.82, 2.24) is 4.90 Å². The maximum atomic E-state index is 12.6. The zero-order valence-corrected chi connectivity index (χ0v) is 12.3. The molecule has 1 aliphatic carbocycles. The van der Waals surface area contributed by atoms with Crippen molar-refractivity contribution >= 4 is 23.3 Å². The standard InChI is InChI=1S/C16H14N2O5/c1-9-4-2-6-11(13(19)8-9)17-15(20)10-5-3-7-12(18(22)23)14(10)16(17)21/h3,5,7,11H,1-2,4,6,8H2/t11-/m1/s1. The fourth-order valence-corrected chi connectivity index (χ4v) is 3.15. The minimum Gasteiger partial charge on any atom is -0.297 e. The summed E-state index contributed by atoms with van der Waals surface area (Å²) in [5, 5.41) is 11.1. The maximum Gasteiger partial charge on any atom is 0.282 e. The first kappa shape index (κ1) is 15.1. The van der Waals surface area contributed by atoms with Crippen molar-refractivity contribution in [2.75, 3.05) is 0 Å². The predicted octanol–water partition coefficient (Wildman–Crippen LogP) is 2.26. The minimum absolute atomic E-state index is 0.0138. The first-order valence-corrected chi connectivity index (χ1v) is 7.26. The Kier molecular flexibility index (Phi) is 3.55. The Morgan fingerprint density at radius 3 is 2.65 bits per heavy atom. The number of hydrogen-bond acceptors (Lipinski definition) is 5. The molecule has 3 rings (SSSR count). The van der Waals surface area contributed by atoms with Gasteiger partial charge >= 0.3 is 0 Å². The van der Waals surface area contributed by atoms with E-state index in [9.17, 15) is 24.5 Å². The van der Waals surface area contributed by atoms with Gasteiger partial charge in [-0.25, -0.2) is 0 Å². The van der Waals surface area contributed by atoms with Gasteiger partial charge in [-0.2, -0.15) is 0 Å². The second-order valence-corrected chi connectivity index (χ2v) is 5.74. The number of hydrogen-bond donors (Lipinski definition) is 0. The van der Waals surface area contributed by atoms with Crippen molar-refractivity contribution in [1.29, 1.82) is 0 Å². The van der Waals surface area contributed by atoms with Crippen LogP contribution < -0.4 is 0 Å². The molecule has 0 radical (unpaired) electrons. The van der Waals surface area contributed by atoms with Crippen LogP contribution in [0, 0.1) is 10.1 Å². The van der Waals surface area contributed by atoms with Crippen LogP contribution in [0.4, 0.5) is 5.69 Å². The molecular formula is C16H14N2O5. The number of nitro groups is 1. The Hall–Kier alpha value is -2.83. The van der Waals surface area contributed by atoms with E-state index in [0.717, 1.165) is 10.5 Å². The van der Waals surface area contributed by atoms with E-state index in [1.807, 2.05) is 0 Å². The SMILES string of the molecule is C=C1CCC[C@@H](N2C(=O)c3cccc([N+](=O)[O-])c3C2=O)C(=O)C1. The van der Waals surface area contributed by atoms with Crippen LogP contribution in [-0.2, 0) is 4.79 Å². The van der Waals surface area contributed by atoms with Crippen LogP contribution >= 0.6 is 0 Å². The summed E-state index contributed by atoms with van der Waals surface area (Å²) in [6, 6.07) is 3.05. The number of ketones is 1. The van der Waals surface area contributed by atoms with Gasteiger partial charge in [0.15, 0.2) is 5.78 Å². The fraction of sp³-hybridized carbons (Fsp3) is 0.312. The van der Waals surface area contributed by atoms with E-state index < -0.39 is 28.5 Å². The number of rotatable bonds is 2. The molecule has 0 unspecified atom stereocenters. The predicted molar refractivity (Wildman–Crippen MR) is 80.0 cm³/mol. The van der Waals surface area contributed by atoms with Crippen molar-refractivity contribution in [2.45, 2.75) is 31.7 Å². The van der Waals surface area contributed by atoms with Gasteiger partial charge in [-0.1, -0.05) is 18.2 Å². The Labute approximate surface area is 131 Å². The first-order chi connectivity index (χ1) is 10.9. The third-order valence-electron chi connectivity index (χ3n) is 4.24. The van der Waals surface area contributed by atoms with Crippen LogP contribution in [0.3, 0.4) is 0 Å². The largest absolute Gasteiger partial charge is 0.297 e. The monoisotopic (exact) mass is 314 g/mol. The third kappa shape index (κ3) is 2.34. The van der Waals surface area contributed by atoms with Crippen LogP contribution in [-0.4, -0.2) is 33.5 Å². The number of imide groups is 1. The molecule has 1 aliphatic heterocycles. The van der Waals surface area contributed by atoms with Gasteiger partial charge in [-0.05, 0) is 25.3 Å². The van der Waals surface area contributed by atoms with E-state index in [-0.39, 0.29) is 23.3 Å². The van der Waals surface area contributed by atoms with Crippen LogP contribution in [0.1, 0.15) is 46.4 Å². The molecule has 1 heterocycles. The molecular weight excluding hydrogens is 300 g/mol. The molecule has 1 aromatic rings. The van der Waals surface area contributed by atoms with Crippen molar-refractivity contribution in [3.8, 4) is 0 Å². The summed E-state index contributed by atoms with van der Waals surface area (Å²) in [6.07, 6.45) is 1.80. The van der Waals surface area contributed by atoms with Gasteiger partial charge in [0.2, 0.25) is 0 Å². The molecule has 2 amide bonds. The summed E-state index contributed by atoms with van der Waals surface area (Å²) < 4.78 is 0. The number of nitrogens with zero attached hydrogens (tertiary/aromatic N) is 2. The number of carbonyl (C=O) groups is 3. The highest BCUT2D eigenvalue weighted by molar-refractivity contribution is 6.24. The fourth-order valence-electron chi connectivity index (χ4n) is 3.15. The summed E-state index contributed by atoms with van der Waals surface area (Å²) >= 11 is 0. The molecule has 2 aliphatic rings. The average molecular weight is 314 g/mol. The maximum absolute atomic E-state index is 12.6. The van der Waals surface area contributed by atoms with Gasteiger partial charge in [-0.3, -0.25) is 29.4 Å². The minimum atomic E-state index is -0.874. The van der Waals surface area contributed by atoms with Gasteiger partial charge < -0.3 is 0 Å². The summed E-state index contributed by atoms with van der Waals surface area (Å²) in [5.41, 5.74) is 0.132. The molecule has 0 N–H and O–H groups in total. The highest BCUT2D eigenvalue weighted by Gasteiger charge is 2.46. The molecule has 1 aromatic carbocycles. The number of Topliss-reactive ketones (excluding diaryl/α,β-unsaturated/α-hetero) is 1. The molecule has 0 spiro atoms. The zero-order chi connectivity index (χ0) is 16.7. The van der Waals surface area contributed by atoms with Gasteiger partial charge in [-0.15, -0.1) is 0 Å². The second kappa shape index (κ2) is 5.42. The number of benzene rings is 1. The number of allylic oxidation sites excluding steroid dienone is 1. The van der Waals surface area contributed by atoms with E-state index in [4.69, 9.17) is 0 Å². The van der Waals surface area contributed by atoms with Crippen LogP contribution in [0.25, 0.3) is 0 Å². The number of nitro benzene ring substituents is 1. The van der Waals surface area contributed by atoms with Crippen molar-refractivity contribution in [3.05, 3.63) is 51.6 Å². The molecule has 23 heavy (non-hydrogen) atoms. The van der Waals surface area contributed by atoms with E-state index in [2.05, 4.69) is 6.58 Å². The van der Waals surface area contributed by atoms with Gasteiger partial charge in [0.1, 0.15) is 5.56 Å². The Morgan fingerprint density at radius 2 is 1.96 bits per heavy atom. The lowest BCUT2D eigenvalue weighted by Crippen LogP contribution is -2.44. The van der Waals surface area contributed by atoms with E-state index >= 15 is 0 Å². The highest BCUT2D eigenvalue weighted by atomic mass is 16.6. The van der Waals surface area contributed by atoms with Crippen molar-refractivity contribution in [3.63, 3.8) is 0 Å². The Morgan fingerprint density at radius 1 is 1.22 bits per heavy atom. The van der Waals surface area contributed by atoms with Gasteiger partial charge in [0.05, 0.1) is 16.5 Å². The van der Waals surface area contributed by atoms with Crippen molar-refractivity contribution in [2.24, 2.45) is 0 Å². The molecule has 0 aromatic heterocycles. The zero-order valence-electron chi connectivity index (χ0n) is 12.3. The lowest BCUT2D eigenvalue weighted by atomic mass is 10.1. The number of amides is 2. The molecule has 7 heteroatoms. The Bertz CT molecular complexity index is 768. The second-order valence-electron chi connectivity index (χ2n) is 5.74. The van der Waals surface area contributed by atoms with Crippen LogP contribution in [0.2, 0.25) is 0 Å². The molecule has 1 fully saturated rings. The van der Waals surface area contributed by atoms with Gasteiger partial charge in [0.25, 0.3) is 17.5 Å². The lowest BCUT2D eigenvalue weighted by Gasteiger charge is -2.23.